The molecular formula is C16H21F2NO. The van der Waals surface area contributed by atoms with Crippen LogP contribution in [0, 0.1) is 17.0 Å². The van der Waals surface area contributed by atoms with Crippen LogP contribution in [0.25, 0.3) is 0 Å². The lowest BCUT2D eigenvalue weighted by molar-refractivity contribution is 0.0274. The topological polar surface area (TPSA) is 32.3 Å². The summed E-state index contributed by atoms with van der Waals surface area (Å²) in [4.78, 5) is 0. The highest BCUT2D eigenvalue weighted by molar-refractivity contribution is 5.23. The molecule has 0 spiro atoms. The van der Waals surface area contributed by atoms with Crippen LogP contribution < -0.4 is 5.32 Å². The van der Waals surface area contributed by atoms with E-state index in [2.05, 4.69) is 5.32 Å². The molecule has 2 fully saturated rings. The molecule has 4 heteroatoms. The molecule has 1 aromatic carbocycles. The van der Waals surface area contributed by atoms with Crippen LogP contribution in [0.1, 0.15) is 50.1 Å². The van der Waals surface area contributed by atoms with Crippen LogP contribution in [0.5, 0.6) is 0 Å². The van der Waals surface area contributed by atoms with Crippen LogP contribution in [0.4, 0.5) is 8.78 Å². The fourth-order valence-corrected chi connectivity index (χ4v) is 3.63. The molecule has 1 saturated heterocycles. The summed E-state index contributed by atoms with van der Waals surface area (Å²) in [5.41, 5.74) is 0.506. The molecule has 1 aromatic rings. The highest BCUT2D eigenvalue weighted by Gasteiger charge is 2.40. The molecule has 1 aliphatic heterocycles. The van der Waals surface area contributed by atoms with Crippen molar-refractivity contribution < 1.29 is 13.9 Å². The standard InChI is InChI=1S/C16H21F2NO/c17-11-2-4-14(18)13(8-11)15-5-3-12(19-15)9-16(10-20)6-1-7-16/h2,4,8,12,15,19-20H,1,3,5-7,9-10H2/t12?,15-/m1/s1. The molecule has 2 nitrogen and oxygen atoms in total. The van der Waals surface area contributed by atoms with Crippen molar-refractivity contribution in [2.24, 2.45) is 5.41 Å². The molecule has 110 valence electrons. The SMILES string of the molecule is OCC1(CC2CC[C@H](c3cc(F)ccc3F)N2)CCC1. The van der Waals surface area contributed by atoms with E-state index in [9.17, 15) is 13.9 Å². The van der Waals surface area contributed by atoms with E-state index in [1.165, 1.54) is 18.6 Å². The summed E-state index contributed by atoms with van der Waals surface area (Å²) in [6.07, 6.45) is 6.09. The fraction of sp³-hybridized carbons (Fsp3) is 0.625. The summed E-state index contributed by atoms with van der Waals surface area (Å²) >= 11 is 0. The third-order valence-electron chi connectivity index (χ3n) is 5.00. The van der Waals surface area contributed by atoms with Crippen molar-refractivity contribution in [1.29, 1.82) is 0 Å². The van der Waals surface area contributed by atoms with Gasteiger partial charge in [0.15, 0.2) is 0 Å². The minimum absolute atomic E-state index is 0.0764. The number of hydrogen-bond donors (Lipinski definition) is 2. The first kappa shape index (κ1) is 14.0. The quantitative estimate of drug-likeness (QED) is 0.887. The molecule has 1 heterocycles. The van der Waals surface area contributed by atoms with Gasteiger partial charge in [-0.3, -0.25) is 0 Å². The van der Waals surface area contributed by atoms with Crippen LogP contribution in [0.3, 0.4) is 0 Å². The zero-order valence-corrected chi connectivity index (χ0v) is 11.5. The highest BCUT2D eigenvalue weighted by atomic mass is 19.1. The first-order valence-electron chi connectivity index (χ1n) is 7.44. The van der Waals surface area contributed by atoms with Crippen molar-refractivity contribution in [3.05, 3.63) is 35.4 Å². The van der Waals surface area contributed by atoms with Gasteiger partial charge in [0.25, 0.3) is 0 Å². The Morgan fingerprint density at radius 1 is 1.25 bits per heavy atom. The molecule has 0 bridgehead atoms. The van der Waals surface area contributed by atoms with Gasteiger partial charge in [0, 0.05) is 24.3 Å². The van der Waals surface area contributed by atoms with Crippen LogP contribution in [-0.4, -0.2) is 17.8 Å². The number of halogens is 2. The predicted octanol–water partition coefficient (Wildman–Crippen LogP) is 3.31. The minimum Gasteiger partial charge on any atom is -0.396 e. The van der Waals surface area contributed by atoms with E-state index >= 15 is 0 Å². The number of aliphatic hydroxyl groups is 1. The summed E-state index contributed by atoms with van der Waals surface area (Å²) in [7, 11) is 0. The lowest BCUT2D eigenvalue weighted by Gasteiger charge is -2.42. The van der Waals surface area contributed by atoms with E-state index < -0.39 is 5.82 Å². The van der Waals surface area contributed by atoms with Gasteiger partial charge in [-0.1, -0.05) is 6.42 Å². The van der Waals surface area contributed by atoms with Gasteiger partial charge in [0.1, 0.15) is 11.6 Å². The molecule has 2 atom stereocenters. The predicted molar refractivity (Wildman–Crippen MR) is 73.2 cm³/mol. The van der Waals surface area contributed by atoms with Gasteiger partial charge in [-0.05, 0) is 55.7 Å². The summed E-state index contributed by atoms with van der Waals surface area (Å²) in [6, 6.07) is 3.84. The number of nitrogens with one attached hydrogen (secondary N) is 1. The second kappa shape index (κ2) is 5.41. The monoisotopic (exact) mass is 281 g/mol. The Morgan fingerprint density at radius 3 is 2.70 bits per heavy atom. The van der Waals surface area contributed by atoms with Crippen LogP contribution >= 0.6 is 0 Å². The zero-order valence-electron chi connectivity index (χ0n) is 11.5. The maximum Gasteiger partial charge on any atom is 0.128 e. The van der Waals surface area contributed by atoms with Gasteiger partial charge >= 0.3 is 0 Å². The Morgan fingerprint density at radius 2 is 2.05 bits per heavy atom. The normalized spacial score (nSPS) is 28.4. The Hall–Kier alpha value is -1.00. The number of aliphatic hydroxyl groups excluding tert-OH is 1. The van der Waals surface area contributed by atoms with E-state index in [4.69, 9.17) is 0 Å². The van der Waals surface area contributed by atoms with Crippen molar-refractivity contribution >= 4 is 0 Å². The Bertz CT molecular complexity index is 482. The average Bonchev–Trinajstić information content (AvgIpc) is 2.85. The average molecular weight is 281 g/mol. The number of rotatable bonds is 4. The van der Waals surface area contributed by atoms with Crippen molar-refractivity contribution in [3.63, 3.8) is 0 Å². The molecule has 3 rings (SSSR count). The smallest absolute Gasteiger partial charge is 0.128 e. The molecule has 0 amide bonds. The zero-order chi connectivity index (χ0) is 14.2. The maximum atomic E-state index is 13.8. The van der Waals surface area contributed by atoms with Crippen molar-refractivity contribution in [2.75, 3.05) is 6.61 Å². The van der Waals surface area contributed by atoms with E-state index in [1.807, 2.05) is 0 Å². The molecule has 1 unspecified atom stereocenters. The van der Waals surface area contributed by atoms with Gasteiger partial charge in [0.2, 0.25) is 0 Å². The second-order valence-corrected chi connectivity index (χ2v) is 6.38. The molecule has 2 aliphatic rings. The maximum absolute atomic E-state index is 13.8. The molecule has 0 radical (unpaired) electrons. The van der Waals surface area contributed by atoms with E-state index in [0.717, 1.165) is 38.2 Å². The second-order valence-electron chi connectivity index (χ2n) is 6.38. The summed E-state index contributed by atoms with van der Waals surface area (Å²) < 4.78 is 27.0. The van der Waals surface area contributed by atoms with Gasteiger partial charge in [-0.2, -0.15) is 0 Å². The van der Waals surface area contributed by atoms with Crippen molar-refractivity contribution in [2.45, 2.75) is 50.6 Å². The Balaban J connectivity index is 1.66. The van der Waals surface area contributed by atoms with Gasteiger partial charge in [0.05, 0.1) is 0 Å². The molecular weight excluding hydrogens is 260 g/mol. The molecule has 2 N–H and O–H groups in total. The number of benzene rings is 1. The Labute approximate surface area is 118 Å². The van der Waals surface area contributed by atoms with Gasteiger partial charge in [-0.25, -0.2) is 8.78 Å². The third-order valence-corrected chi connectivity index (χ3v) is 5.00. The van der Waals surface area contributed by atoms with Gasteiger partial charge in [-0.15, -0.1) is 0 Å². The number of hydrogen-bond acceptors (Lipinski definition) is 2. The summed E-state index contributed by atoms with van der Waals surface area (Å²) in [6.45, 7) is 0.240. The molecule has 1 aliphatic carbocycles. The first-order valence-corrected chi connectivity index (χ1v) is 7.44. The van der Waals surface area contributed by atoms with E-state index in [0.29, 0.717) is 11.6 Å². The largest absolute Gasteiger partial charge is 0.396 e. The third kappa shape index (κ3) is 2.59. The van der Waals surface area contributed by atoms with Crippen molar-refractivity contribution in [1.82, 2.24) is 5.32 Å². The summed E-state index contributed by atoms with van der Waals surface area (Å²) in [5, 5.41) is 12.9. The van der Waals surface area contributed by atoms with Crippen LogP contribution in [-0.2, 0) is 0 Å². The fourth-order valence-electron chi connectivity index (χ4n) is 3.63. The van der Waals surface area contributed by atoms with Crippen LogP contribution in [0.15, 0.2) is 18.2 Å². The molecule has 1 saturated carbocycles. The van der Waals surface area contributed by atoms with Gasteiger partial charge < -0.3 is 10.4 Å². The molecule has 0 aromatic heterocycles. The van der Waals surface area contributed by atoms with Crippen molar-refractivity contribution in [3.8, 4) is 0 Å². The molecule has 20 heavy (non-hydrogen) atoms. The highest BCUT2D eigenvalue weighted by Crippen LogP contribution is 2.46. The van der Waals surface area contributed by atoms with Crippen LogP contribution in [0.2, 0.25) is 0 Å². The summed E-state index contributed by atoms with van der Waals surface area (Å²) in [5.74, 6) is -0.734. The van der Waals surface area contributed by atoms with E-state index in [-0.39, 0.29) is 23.9 Å². The lowest BCUT2D eigenvalue weighted by Crippen LogP contribution is -2.39. The lowest BCUT2D eigenvalue weighted by atomic mass is 9.66. The minimum atomic E-state index is -0.391. The van der Waals surface area contributed by atoms with E-state index in [1.54, 1.807) is 0 Å². The first-order chi connectivity index (χ1) is 9.62. The Kier molecular flexibility index (Phi) is 3.78.